The highest BCUT2D eigenvalue weighted by Crippen LogP contribution is 2.41. The first-order chi connectivity index (χ1) is 20.8. The van der Waals surface area contributed by atoms with Crippen LogP contribution in [-0.4, -0.2) is 41.3 Å². The smallest absolute Gasteiger partial charge is 0.242 e. The molecule has 1 unspecified atom stereocenters. The van der Waals surface area contributed by atoms with Crippen LogP contribution in [-0.2, 0) is 4.79 Å². The predicted octanol–water partition coefficient (Wildman–Crippen LogP) is 8.15. The van der Waals surface area contributed by atoms with E-state index in [9.17, 15) is 14.3 Å². The van der Waals surface area contributed by atoms with Crippen molar-refractivity contribution in [3.8, 4) is 11.5 Å². The minimum atomic E-state index is -1.79. The lowest BCUT2D eigenvalue weighted by molar-refractivity contribution is -0.131. The van der Waals surface area contributed by atoms with E-state index in [1.807, 2.05) is 38.1 Å². The molecule has 2 aromatic rings. The Balaban J connectivity index is 1.54. The molecule has 0 aromatic heterocycles. The third-order valence-electron chi connectivity index (χ3n) is 8.72. The molecule has 7 heteroatoms. The van der Waals surface area contributed by atoms with Crippen molar-refractivity contribution in [3.05, 3.63) is 70.8 Å². The van der Waals surface area contributed by atoms with Gasteiger partial charge in [0.25, 0.3) is 0 Å². The normalized spacial score (nSPS) is 20.2. The highest BCUT2D eigenvalue weighted by Gasteiger charge is 2.37. The van der Waals surface area contributed by atoms with Gasteiger partial charge in [-0.1, -0.05) is 50.3 Å². The zero-order valence-electron chi connectivity index (χ0n) is 27.4. The molecule has 1 saturated carbocycles. The lowest BCUT2D eigenvalue weighted by Crippen LogP contribution is -2.41. The zero-order valence-corrected chi connectivity index (χ0v) is 27.4. The molecule has 1 aliphatic carbocycles. The Morgan fingerprint density at radius 1 is 1.20 bits per heavy atom. The summed E-state index contributed by atoms with van der Waals surface area (Å²) in [5, 5.41) is 21.8. The maximum atomic E-state index is 14.1. The van der Waals surface area contributed by atoms with Crippen molar-refractivity contribution < 1.29 is 28.9 Å². The first-order valence-corrected chi connectivity index (χ1v) is 16.0. The summed E-state index contributed by atoms with van der Waals surface area (Å²) < 4.78 is 25.4. The minimum absolute atomic E-state index is 0.0410. The summed E-state index contributed by atoms with van der Waals surface area (Å²) in [7, 11) is 0. The Hall–Kier alpha value is -3.16. The second kappa shape index (κ2) is 16.2. The molecule has 242 valence electrons. The third kappa shape index (κ3) is 10.5. The second-order valence-electron chi connectivity index (χ2n) is 12.9. The maximum Gasteiger partial charge on any atom is 0.242 e. The van der Waals surface area contributed by atoms with Gasteiger partial charge in [-0.2, -0.15) is 4.39 Å². The Labute approximate surface area is 263 Å². The fourth-order valence-corrected chi connectivity index (χ4v) is 5.60. The summed E-state index contributed by atoms with van der Waals surface area (Å²) in [6.45, 7) is 11.0. The molecule has 6 nitrogen and oxygen atoms in total. The number of hydrogen-bond donors (Lipinski definition) is 3. The molecule has 0 bridgehead atoms. The number of amides is 1. The lowest BCUT2D eigenvalue weighted by Gasteiger charge is -2.36. The Morgan fingerprint density at radius 2 is 1.91 bits per heavy atom. The Morgan fingerprint density at radius 3 is 2.57 bits per heavy atom. The van der Waals surface area contributed by atoms with Gasteiger partial charge in [-0.25, -0.2) is 0 Å². The van der Waals surface area contributed by atoms with Crippen molar-refractivity contribution in [2.45, 2.75) is 105 Å². The third-order valence-corrected chi connectivity index (χ3v) is 8.72. The van der Waals surface area contributed by atoms with Crippen molar-refractivity contribution >= 4 is 17.7 Å². The summed E-state index contributed by atoms with van der Waals surface area (Å²) in [6.07, 6.45) is 10.5. The van der Waals surface area contributed by atoms with Gasteiger partial charge in [-0.3, -0.25) is 4.79 Å². The van der Waals surface area contributed by atoms with Crippen LogP contribution in [0, 0.1) is 18.3 Å². The SMILES string of the molecule is CC/C(C)=C(/NC(=O)C1(C)CCC(CC/C=C/c2cccc(OCCC(O)CO)c2C)CC1)c1cccc(OC(C)(C)F)c1. The van der Waals surface area contributed by atoms with Crippen LogP contribution in [0.15, 0.2) is 54.1 Å². The molecule has 3 rings (SSSR count). The van der Waals surface area contributed by atoms with Crippen LogP contribution < -0.4 is 14.8 Å². The van der Waals surface area contributed by atoms with Crippen molar-refractivity contribution in [1.29, 1.82) is 0 Å². The fourth-order valence-electron chi connectivity index (χ4n) is 5.60. The number of hydrogen-bond acceptors (Lipinski definition) is 5. The van der Waals surface area contributed by atoms with Crippen LogP contribution in [0.5, 0.6) is 11.5 Å². The van der Waals surface area contributed by atoms with Crippen LogP contribution in [0.2, 0.25) is 0 Å². The topological polar surface area (TPSA) is 88.0 Å². The number of nitrogens with one attached hydrogen (secondary N) is 1. The molecule has 1 atom stereocenters. The van der Waals surface area contributed by atoms with Gasteiger partial charge in [0.1, 0.15) is 11.5 Å². The van der Waals surface area contributed by atoms with E-state index in [2.05, 4.69) is 37.4 Å². The average Bonchev–Trinajstić information content (AvgIpc) is 2.99. The van der Waals surface area contributed by atoms with E-state index in [1.54, 1.807) is 12.1 Å². The molecular formula is C37H52FNO5. The number of allylic oxidation sites excluding steroid dienone is 2. The number of carbonyl (C=O) groups is 1. The molecule has 0 aliphatic heterocycles. The number of aliphatic hydroxyl groups is 2. The van der Waals surface area contributed by atoms with Crippen LogP contribution in [0.4, 0.5) is 4.39 Å². The lowest BCUT2D eigenvalue weighted by atomic mass is 9.70. The number of ether oxygens (including phenoxy) is 2. The van der Waals surface area contributed by atoms with E-state index in [1.165, 1.54) is 13.8 Å². The van der Waals surface area contributed by atoms with Gasteiger partial charge in [0.15, 0.2) is 0 Å². The van der Waals surface area contributed by atoms with Gasteiger partial charge in [-0.05, 0) is 99.6 Å². The second-order valence-corrected chi connectivity index (χ2v) is 12.9. The van der Waals surface area contributed by atoms with Gasteiger partial charge in [0.2, 0.25) is 11.8 Å². The minimum Gasteiger partial charge on any atom is -0.493 e. The molecule has 0 spiro atoms. The summed E-state index contributed by atoms with van der Waals surface area (Å²) in [5.41, 5.74) is 4.38. The van der Waals surface area contributed by atoms with Crippen LogP contribution in [0.3, 0.4) is 0 Å². The molecule has 1 aliphatic rings. The van der Waals surface area contributed by atoms with Crippen molar-refractivity contribution in [3.63, 3.8) is 0 Å². The first-order valence-electron chi connectivity index (χ1n) is 16.0. The molecular weight excluding hydrogens is 557 g/mol. The van der Waals surface area contributed by atoms with E-state index in [4.69, 9.17) is 14.6 Å². The molecule has 0 heterocycles. The van der Waals surface area contributed by atoms with E-state index in [0.717, 1.165) is 78.7 Å². The Kier molecular flexibility index (Phi) is 13.0. The number of carbonyl (C=O) groups excluding carboxylic acids is 1. The van der Waals surface area contributed by atoms with Gasteiger partial charge in [-0.15, -0.1) is 0 Å². The Bertz CT molecular complexity index is 1290. The summed E-state index contributed by atoms with van der Waals surface area (Å²) in [5.74, 6) is 0.0508. The molecule has 1 amide bonds. The van der Waals surface area contributed by atoms with E-state index < -0.39 is 17.4 Å². The molecule has 0 radical (unpaired) electrons. The zero-order chi connectivity index (χ0) is 32.3. The van der Waals surface area contributed by atoms with Gasteiger partial charge < -0.3 is 25.0 Å². The number of halogens is 1. The summed E-state index contributed by atoms with van der Waals surface area (Å²) in [6, 6.07) is 13.2. The molecule has 44 heavy (non-hydrogen) atoms. The van der Waals surface area contributed by atoms with Crippen LogP contribution >= 0.6 is 0 Å². The number of benzene rings is 2. The number of rotatable bonds is 15. The van der Waals surface area contributed by atoms with E-state index in [0.29, 0.717) is 24.7 Å². The highest BCUT2D eigenvalue weighted by atomic mass is 19.2. The molecule has 0 saturated heterocycles. The van der Waals surface area contributed by atoms with Crippen molar-refractivity contribution in [2.75, 3.05) is 13.2 Å². The number of alkyl halides is 1. The molecule has 1 fully saturated rings. The quantitative estimate of drug-likeness (QED) is 0.190. The average molecular weight is 610 g/mol. The number of aliphatic hydroxyl groups excluding tert-OH is 2. The van der Waals surface area contributed by atoms with Gasteiger partial charge in [0.05, 0.1) is 19.3 Å². The van der Waals surface area contributed by atoms with Crippen molar-refractivity contribution in [1.82, 2.24) is 5.32 Å². The highest BCUT2D eigenvalue weighted by molar-refractivity contribution is 5.91. The van der Waals surface area contributed by atoms with Crippen molar-refractivity contribution in [2.24, 2.45) is 11.3 Å². The first kappa shape index (κ1) is 35.3. The molecule has 2 aromatic carbocycles. The van der Waals surface area contributed by atoms with Gasteiger partial charge in [0, 0.05) is 36.9 Å². The molecule has 3 N–H and O–H groups in total. The van der Waals surface area contributed by atoms with E-state index >= 15 is 0 Å². The van der Waals surface area contributed by atoms with Gasteiger partial charge >= 0.3 is 0 Å². The maximum absolute atomic E-state index is 14.1. The monoisotopic (exact) mass is 609 g/mol. The predicted molar refractivity (Wildman–Crippen MR) is 176 cm³/mol. The summed E-state index contributed by atoms with van der Waals surface area (Å²) in [4.78, 5) is 13.7. The van der Waals surface area contributed by atoms with E-state index in [-0.39, 0.29) is 12.5 Å². The fraction of sp³-hybridized carbons (Fsp3) is 0.541. The van der Waals surface area contributed by atoms with Crippen LogP contribution in [0.1, 0.15) is 103 Å². The largest absolute Gasteiger partial charge is 0.493 e. The van der Waals surface area contributed by atoms with Crippen LogP contribution in [0.25, 0.3) is 11.8 Å². The standard InChI is InChI=1S/C37H52FNO5/c1-7-26(2)34(30-15-10-16-32(24-30)44-36(4,5)38)39-35(42)37(6)21-18-28(19-22-37)12-8-9-13-29-14-11-17-33(27(29)3)43-23-20-31(41)25-40/h9-11,13-17,24,28,31,40-41H,7-8,12,18-23,25H2,1-6H3,(H,39,42)/b13-9+,34-26+. The summed E-state index contributed by atoms with van der Waals surface area (Å²) >= 11 is 0.